The summed E-state index contributed by atoms with van der Waals surface area (Å²) in [4.78, 5) is 11.8. The van der Waals surface area contributed by atoms with Crippen molar-refractivity contribution < 1.29 is 4.79 Å². The minimum Gasteiger partial charge on any atom is -0.354 e. The quantitative estimate of drug-likeness (QED) is 0.776. The molecule has 1 heterocycles. The van der Waals surface area contributed by atoms with Crippen molar-refractivity contribution in [1.29, 1.82) is 0 Å². The molecule has 1 aromatic rings. The highest BCUT2D eigenvalue weighted by atomic mass is 16.1. The summed E-state index contributed by atoms with van der Waals surface area (Å²) in [6, 6.07) is 0.287. The highest BCUT2D eigenvalue weighted by molar-refractivity contribution is 5.79. The molecule has 1 aromatic heterocycles. The van der Waals surface area contributed by atoms with Gasteiger partial charge in [0.2, 0.25) is 5.91 Å². The van der Waals surface area contributed by atoms with E-state index in [2.05, 4.69) is 15.7 Å². The van der Waals surface area contributed by atoms with Gasteiger partial charge in [0, 0.05) is 30.9 Å². The Balaban J connectivity index is 2.56. The van der Waals surface area contributed by atoms with Gasteiger partial charge in [-0.25, -0.2) is 0 Å². The number of hydrogen-bond acceptors (Lipinski definition) is 3. The van der Waals surface area contributed by atoms with Gasteiger partial charge in [-0.15, -0.1) is 0 Å². The average Bonchev–Trinajstić information content (AvgIpc) is 2.53. The predicted molar refractivity (Wildman–Crippen MR) is 67.9 cm³/mol. The molecule has 0 aliphatic rings. The Morgan fingerprint density at radius 3 is 2.59 bits per heavy atom. The Morgan fingerprint density at radius 2 is 2.12 bits per heavy atom. The zero-order valence-corrected chi connectivity index (χ0v) is 11.3. The molecule has 2 N–H and O–H groups in total. The van der Waals surface area contributed by atoms with Crippen LogP contribution in [0, 0.1) is 13.8 Å². The lowest BCUT2D eigenvalue weighted by atomic mass is 10.1. The van der Waals surface area contributed by atoms with Crippen molar-refractivity contribution >= 4 is 5.91 Å². The second-order valence-electron chi connectivity index (χ2n) is 4.44. The number of nitrogens with one attached hydrogen (secondary N) is 2. The Bertz CT molecular complexity index is 397. The molecule has 17 heavy (non-hydrogen) atoms. The van der Waals surface area contributed by atoms with Gasteiger partial charge in [0.1, 0.15) is 0 Å². The smallest absolute Gasteiger partial charge is 0.224 e. The van der Waals surface area contributed by atoms with E-state index in [1.54, 1.807) is 0 Å². The van der Waals surface area contributed by atoms with Gasteiger partial charge in [-0.3, -0.25) is 9.48 Å². The molecule has 1 amide bonds. The summed E-state index contributed by atoms with van der Waals surface area (Å²) in [5.74, 6) is 0.0475. The van der Waals surface area contributed by atoms with Gasteiger partial charge in [0.25, 0.3) is 0 Å². The summed E-state index contributed by atoms with van der Waals surface area (Å²) in [5.41, 5.74) is 3.02. The molecule has 0 spiro atoms. The molecule has 0 aliphatic heterocycles. The van der Waals surface area contributed by atoms with Crippen molar-refractivity contribution in [2.75, 3.05) is 13.6 Å². The van der Waals surface area contributed by atoms with Crippen LogP contribution in [0.1, 0.15) is 23.9 Å². The van der Waals surface area contributed by atoms with E-state index in [0.29, 0.717) is 13.0 Å². The summed E-state index contributed by atoms with van der Waals surface area (Å²) in [5, 5.41) is 10.3. The number of likely N-dealkylation sites (N-methyl/N-ethyl adjacent to an activating group) is 1. The summed E-state index contributed by atoms with van der Waals surface area (Å²) in [6.45, 7) is 6.60. The molecule has 0 fully saturated rings. The third kappa shape index (κ3) is 3.56. The maximum atomic E-state index is 11.8. The zero-order chi connectivity index (χ0) is 13.0. The first-order valence-corrected chi connectivity index (χ1v) is 5.88. The van der Waals surface area contributed by atoms with Crippen LogP contribution in [-0.2, 0) is 18.3 Å². The van der Waals surface area contributed by atoms with E-state index in [0.717, 1.165) is 17.0 Å². The van der Waals surface area contributed by atoms with E-state index < -0.39 is 0 Å². The fraction of sp³-hybridized carbons (Fsp3) is 0.667. The lowest BCUT2D eigenvalue weighted by molar-refractivity contribution is -0.120. The van der Waals surface area contributed by atoms with Crippen molar-refractivity contribution in [1.82, 2.24) is 20.4 Å². The van der Waals surface area contributed by atoms with Gasteiger partial charge in [-0.2, -0.15) is 5.10 Å². The van der Waals surface area contributed by atoms with Crippen LogP contribution in [0.5, 0.6) is 0 Å². The van der Waals surface area contributed by atoms with Crippen LogP contribution < -0.4 is 10.6 Å². The molecule has 1 atom stereocenters. The number of nitrogens with zero attached hydrogens (tertiary/aromatic N) is 2. The van der Waals surface area contributed by atoms with Crippen LogP contribution in [0.2, 0.25) is 0 Å². The first-order valence-electron chi connectivity index (χ1n) is 5.88. The largest absolute Gasteiger partial charge is 0.354 e. The van der Waals surface area contributed by atoms with E-state index >= 15 is 0 Å². The van der Waals surface area contributed by atoms with Crippen molar-refractivity contribution in [3.05, 3.63) is 17.0 Å². The monoisotopic (exact) mass is 238 g/mol. The molecule has 0 radical (unpaired) electrons. The van der Waals surface area contributed by atoms with Crippen LogP contribution in [0.3, 0.4) is 0 Å². The van der Waals surface area contributed by atoms with Gasteiger partial charge in [0.15, 0.2) is 0 Å². The molecule has 5 nitrogen and oxygen atoms in total. The van der Waals surface area contributed by atoms with Crippen LogP contribution in [0.4, 0.5) is 0 Å². The normalized spacial score (nSPS) is 12.5. The maximum Gasteiger partial charge on any atom is 0.224 e. The average molecular weight is 238 g/mol. The third-order valence-electron chi connectivity index (χ3n) is 3.09. The molecule has 1 unspecified atom stereocenters. The van der Waals surface area contributed by atoms with E-state index in [1.165, 1.54) is 0 Å². The molecule has 0 aliphatic carbocycles. The number of carbonyl (C=O) groups excluding carboxylic acids is 1. The number of amides is 1. The van der Waals surface area contributed by atoms with Crippen LogP contribution in [0.15, 0.2) is 0 Å². The van der Waals surface area contributed by atoms with Gasteiger partial charge >= 0.3 is 0 Å². The first kappa shape index (κ1) is 13.7. The Morgan fingerprint density at radius 1 is 1.47 bits per heavy atom. The highest BCUT2D eigenvalue weighted by Gasteiger charge is 2.13. The molecule has 1 rings (SSSR count). The van der Waals surface area contributed by atoms with Gasteiger partial charge in [0.05, 0.1) is 12.1 Å². The standard InChI is InChI=1S/C12H22N4O/c1-8(13-4)7-14-12(17)6-11-9(2)15-16(5)10(11)3/h8,13H,6-7H2,1-5H3,(H,14,17). The molecule has 0 bridgehead atoms. The first-order chi connectivity index (χ1) is 7.95. The van der Waals surface area contributed by atoms with Gasteiger partial charge in [-0.05, 0) is 27.8 Å². The van der Waals surface area contributed by atoms with Crippen molar-refractivity contribution in [3.63, 3.8) is 0 Å². The number of rotatable bonds is 5. The predicted octanol–water partition coefficient (Wildman–Crippen LogP) is 0.304. The Kier molecular flexibility index (Phi) is 4.69. The maximum absolute atomic E-state index is 11.8. The van der Waals surface area contributed by atoms with E-state index in [-0.39, 0.29) is 11.9 Å². The molecular formula is C12H22N4O. The fourth-order valence-electron chi connectivity index (χ4n) is 1.67. The third-order valence-corrected chi connectivity index (χ3v) is 3.09. The molecule has 0 saturated heterocycles. The second kappa shape index (κ2) is 5.82. The minimum atomic E-state index is 0.0475. The Hall–Kier alpha value is -1.36. The lowest BCUT2D eigenvalue weighted by Gasteiger charge is -2.11. The zero-order valence-electron chi connectivity index (χ0n) is 11.3. The molecule has 96 valence electrons. The van der Waals surface area contributed by atoms with E-state index in [1.807, 2.05) is 39.5 Å². The van der Waals surface area contributed by atoms with Crippen LogP contribution in [0.25, 0.3) is 0 Å². The van der Waals surface area contributed by atoms with E-state index in [4.69, 9.17) is 0 Å². The summed E-state index contributed by atoms with van der Waals surface area (Å²) < 4.78 is 1.81. The van der Waals surface area contributed by atoms with Crippen LogP contribution in [-0.4, -0.2) is 35.3 Å². The van der Waals surface area contributed by atoms with Crippen molar-refractivity contribution in [2.24, 2.45) is 7.05 Å². The second-order valence-corrected chi connectivity index (χ2v) is 4.44. The number of aryl methyl sites for hydroxylation is 2. The fourth-order valence-corrected chi connectivity index (χ4v) is 1.67. The topological polar surface area (TPSA) is 58.9 Å². The summed E-state index contributed by atoms with van der Waals surface area (Å²) in [7, 11) is 3.78. The summed E-state index contributed by atoms with van der Waals surface area (Å²) >= 11 is 0. The van der Waals surface area contributed by atoms with E-state index in [9.17, 15) is 4.79 Å². The Labute approximate surface area is 103 Å². The van der Waals surface area contributed by atoms with Gasteiger partial charge < -0.3 is 10.6 Å². The number of carbonyl (C=O) groups is 1. The van der Waals surface area contributed by atoms with Crippen molar-refractivity contribution in [2.45, 2.75) is 33.2 Å². The molecule has 5 heteroatoms. The highest BCUT2D eigenvalue weighted by Crippen LogP contribution is 2.12. The molecule has 0 aromatic carbocycles. The van der Waals surface area contributed by atoms with Crippen molar-refractivity contribution in [3.8, 4) is 0 Å². The SMILES string of the molecule is CNC(C)CNC(=O)Cc1c(C)nn(C)c1C. The van der Waals surface area contributed by atoms with Crippen LogP contribution >= 0.6 is 0 Å². The molecular weight excluding hydrogens is 216 g/mol. The van der Waals surface area contributed by atoms with Gasteiger partial charge in [-0.1, -0.05) is 0 Å². The lowest BCUT2D eigenvalue weighted by Crippen LogP contribution is -2.37. The molecule has 0 saturated carbocycles. The number of aromatic nitrogens is 2. The number of hydrogen-bond donors (Lipinski definition) is 2. The summed E-state index contributed by atoms with van der Waals surface area (Å²) in [6.07, 6.45) is 0.405. The minimum absolute atomic E-state index is 0.0475.